The highest BCUT2D eigenvalue weighted by Crippen LogP contribution is 2.29. The molecule has 1 aliphatic heterocycles. The molecule has 0 aromatic heterocycles. The third-order valence-electron chi connectivity index (χ3n) is 4.23. The third-order valence-corrected chi connectivity index (χ3v) is 6.21. The van der Waals surface area contributed by atoms with E-state index in [4.69, 9.17) is 10.5 Å². The van der Waals surface area contributed by atoms with E-state index >= 15 is 0 Å². The summed E-state index contributed by atoms with van der Waals surface area (Å²) in [5, 5.41) is 0. The maximum absolute atomic E-state index is 13.1. The van der Waals surface area contributed by atoms with Crippen LogP contribution in [0.4, 0.5) is 0 Å². The normalized spacial score (nSPS) is 21.0. The third kappa shape index (κ3) is 3.57. The van der Waals surface area contributed by atoms with Gasteiger partial charge in [-0.1, -0.05) is 18.1 Å². The van der Waals surface area contributed by atoms with Crippen LogP contribution in [0.3, 0.4) is 0 Å². The zero-order chi connectivity index (χ0) is 17.2. The van der Waals surface area contributed by atoms with Crippen LogP contribution in [0, 0.1) is 6.92 Å². The molecule has 7 heteroatoms. The van der Waals surface area contributed by atoms with Gasteiger partial charge in [0.25, 0.3) is 0 Å². The minimum Gasteiger partial charge on any atom is -0.465 e. The molecule has 1 aromatic rings. The van der Waals surface area contributed by atoms with Crippen LogP contribution in [-0.2, 0) is 14.8 Å². The Labute approximate surface area is 137 Å². The molecular formula is C16H24N2O4S. The highest BCUT2D eigenvalue weighted by molar-refractivity contribution is 7.89. The van der Waals surface area contributed by atoms with Crippen molar-refractivity contribution in [2.75, 3.05) is 13.7 Å². The molecule has 1 aromatic carbocycles. The minimum atomic E-state index is -3.81. The van der Waals surface area contributed by atoms with Gasteiger partial charge in [-0.05, 0) is 38.8 Å². The largest absolute Gasteiger partial charge is 0.465 e. The number of methoxy groups -OCH3 is 1. The molecule has 0 saturated carbocycles. The van der Waals surface area contributed by atoms with Crippen LogP contribution in [0.1, 0.15) is 42.1 Å². The summed E-state index contributed by atoms with van der Waals surface area (Å²) in [4.78, 5) is 12.0. The van der Waals surface area contributed by atoms with Gasteiger partial charge in [0.1, 0.15) is 0 Å². The second kappa shape index (κ2) is 6.98. The number of hydrogen-bond acceptors (Lipinski definition) is 5. The standard InChI is InChI=1S/C16H24N2O4S/c1-11-7-8-15(13(10-11)16(19)22-3)23(20,21)18-9-5-4-6-14(18)12(2)17/h7-8,10,12,14H,4-6,9,17H2,1-3H3. The van der Waals surface area contributed by atoms with Crippen molar-refractivity contribution in [1.29, 1.82) is 0 Å². The van der Waals surface area contributed by atoms with Crippen molar-refractivity contribution in [3.8, 4) is 0 Å². The molecule has 0 aliphatic carbocycles. The Balaban J connectivity index is 2.53. The fourth-order valence-corrected chi connectivity index (χ4v) is 4.96. The van der Waals surface area contributed by atoms with E-state index < -0.39 is 16.0 Å². The molecule has 0 amide bonds. The second-order valence-corrected chi connectivity index (χ2v) is 7.89. The monoisotopic (exact) mass is 340 g/mol. The summed E-state index contributed by atoms with van der Waals surface area (Å²) >= 11 is 0. The Hall–Kier alpha value is -1.44. The van der Waals surface area contributed by atoms with Gasteiger partial charge in [-0.2, -0.15) is 4.31 Å². The number of nitrogens with zero attached hydrogens (tertiary/aromatic N) is 1. The number of ether oxygens (including phenoxy) is 1. The van der Waals surface area contributed by atoms with Crippen LogP contribution < -0.4 is 5.73 Å². The molecule has 128 valence electrons. The molecule has 0 spiro atoms. The smallest absolute Gasteiger partial charge is 0.339 e. The van der Waals surface area contributed by atoms with Gasteiger partial charge in [0, 0.05) is 18.6 Å². The predicted molar refractivity (Wildman–Crippen MR) is 87.7 cm³/mol. The minimum absolute atomic E-state index is 0.0116. The highest BCUT2D eigenvalue weighted by Gasteiger charge is 2.37. The van der Waals surface area contributed by atoms with Crippen molar-refractivity contribution >= 4 is 16.0 Å². The highest BCUT2D eigenvalue weighted by atomic mass is 32.2. The fourth-order valence-electron chi connectivity index (χ4n) is 3.02. The Morgan fingerprint density at radius 1 is 1.39 bits per heavy atom. The van der Waals surface area contributed by atoms with Gasteiger partial charge in [0.05, 0.1) is 17.6 Å². The summed E-state index contributed by atoms with van der Waals surface area (Å²) in [6.45, 7) is 4.03. The van der Waals surface area contributed by atoms with E-state index in [0.29, 0.717) is 6.54 Å². The molecule has 2 unspecified atom stereocenters. The van der Waals surface area contributed by atoms with E-state index in [9.17, 15) is 13.2 Å². The van der Waals surface area contributed by atoms with Gasteiger partial charge in [0.15, 0.2) is 0 Å². The van der Waals surface area contributed by atoms with Crippen molar-refractivity contribution in [1.82, 2.24) is 4.31 Å². The molecular weight excluding hydrogens is 316 g/mol. The predicted octanol–water partition coefficient (Wildman–Crippen LogP) is 1.67. The van der Waals surface area contributed by atoms with Crippen LogP contribution in [0.15, 0.2) is 23.1 Å². The zero-order valence-corrected chi connectivity index (χ0v) is 14.6. The van der Waals surface area contributed by atoms with Crippen LogP contribution >= 0.6 is 0 Å². The average molecular weight is 340 g/mol. The van der Waals surface area contributed by atoms with E-state index in [1.807, 2.05) is 6.92 Å². The maximum atomic E-state index is 13.1. The molecule has 6 nitrogen and oxygen atoms in total. The fraction of sp³-hybridized carbons (Fsp3) is 0.562. The van der Waals surface area contributed by atoms with Crippen LogP contribution in [-0.4, -0.2) is 44.4 Å². The van der Waals surface area contributed by atoms with Gasteiger partial charge >= 0.3 is 5.97 Å². The first kappa shape index (κ1) is 17.9. The molecule has 1 fully saturated rings. The topological polar surface area (TPSA) is 89.7 Å². The van der Waals surface area contributed by atoms with E-state index in [0.717, 1.165) is 24.8 Å². The Kier molecular flexibility index (Phi) is 5.44. The molecule has 0 radical (unpaired) electrons. The van der Waals surface area contributed by atoms with E-state index in [1.165, 1.54) is 17.5 Å². The lowest BCUT2D eigenvalue weighted by Gasteiger charge is -2.37. The lowest BCUT2D eigenvalue weighted by atomic mass is 10.00. The molecule has 0 bridgehead atoms. The van der Waals surface area contributed by atoms with Crippen LogP contribution in [0.2, 0.25) is 0 Å². The van der Waals surface area contributed by atoms with Crippen molar-refractivity contribution in [3.05, 3.63) is 29.3 Å². The summed E-state index contributed by atoms with van der Waals surface area (Å²) in [6, 6.07) is 4.19. The summed E-state index contributed by atoms with van der Waals surface area (Å²) in [5.41, 5.74) is 6.85. The number of sulfonamides is 1. The number of rotatable bonds is 4. The maximum Gasteiger partial charge on any atom is 0.339 e. The Morgan fingerprint density at radius 3 is 2.70 bits per heavy atom. The number of hydrogen-bond donors (Lipinski definition) is 1. The molecule has 2 N–H and O–H groups in total. The second-order valence-electron chi connectivity index (χ2n) is 6.03. The van der Waals surface area contributed by atoms with Crippen molar-refractivity contribution in [2.24, 2.45) is 5.73 Å². The van der Waals surface area contributed by atoms with Gasteiger partial charge in [-0.15, -0.1) is 0 Å². The van der Waals surface area contributed by atoms with Gasteiger partial charge in [-0.3, -0.25) is 0 Å². The van der Waals surface area contributed by atoms with Crippen molar-refractivity contribution in [3.63, 3.8) is 0 Å². The quantitative estimate of drug-likeness (QED) is 0.842. The summed E-state index contributed by atoms with van der Waals surface area (Å²) in [7, 11) is -2.56. The molecule has 1 heterocycles. The number of aryl methyl sites for hydroxylation is 1. The first-order valence-electron chi connectivity index (χ1n) is 7.75. The van der Waals surface area contributed by atoms with Crippen LogP contribution in [0.25, 0.3) is 0 Å². The summed E-state index contributed by atoms with van der Waals surface area (Å²) in [5.74, 6) is -0.651. The number of nitrogens with two attached hydrogens (primary N) is 1. The van der Waals surface area contributed by atoms with Crippen LogP contribution in [0.5, 0.6) is 0 Å². The first-order chi connectivity index (χ1) is 10.8. The average Bonchev–Trinajstić information content (AvgIpc) is 2.53. The SMILES string of the molecule is COC(=O)c1cc(C)ccc1S(=O)(=O)N1CCCCC1C(C)N. The number of esters is 1. The molecule has 1 aliphatic rings. The van der Waals surface area contributed by atoms with Crippen molar-refractivity contribution in [2.45, 2.75) is 50.1 Å². The zero-order valence-electron chi connectivity index (χ0n) is 13.8. The number of piperidine rings is 1. The van der Waals surface area contributed by atoms with Gasteiger partial charge in [-0.25, -0.2) is 13.2 Å². The van der Waals surface area contributed by atoms with Crippen molar-refractivity contribution < 1.29 is 17.9 Å². The number of benzene rings is 1. The lowest BCUT2D eigenvalue weighted by Crippen LogP contribution is -2.51. The van der Waals surface area contributed by atoms with Gasteiger partial charge < -0.3 is 10.5 Å². The lowest BCUT2D eigenvalue weighted by molar-refractivity contribution is 0.0596. The molecule has 2 rings (SSSR count). The van der Waals surface area contributed by atoms with E-state index in [2.05, 4.69) is 0 Å². The number of carbonyl (C=O) groups excluding carboxylic acids is 1. The summed E-state index contributed by atoms with van der Waals surface area (Å²) in [6.07, 6.45) is 2.48. The van der Waals surface area contributed by atoms with E-state index in [-0.39, 0.29) is 22.5 Å². The Morgan fingerprint density at radius 2 is 2.09 bits per heavy atom. The summed E-state index contributed by atoms with van der Waals surface area (Å²) < 4.78 is 32.4. The van der Waals surface area contributed by atoms with E-state index in [1.54, 1.807) is 19.1 Å². The van der Waals surface area contributed by atoms with Gasteiger partial charge in [0.2, 0.25) is 10.0 Å². The molecule has 23 heavy (non-hydrogen) atoms. The molecule has 1 saturated heterocycles. The molecule has 2 atom stereocenters. The first-order valence-corrected chi connectivity index (χ1v) is 9.19. The number of carbonyl (C=O) groups is 1. The Bertz CT molecular complexity index is 685.